The molecule has 0 aliphatic heterocycles. The molecule has 17 heavy (non-hydrogen) atoms. The zero-order valence-corrected chi connectivity index (χ0v) is 10.9. The predicted octanol–water partition coefficient (Wildman–Crippen LogP) is 3.33. The highest BCUT2D eigenvalue weighted by Crippen LogP contribution is 2.35. The molecule has 1 aromatic rings. The van der Waals surface area contributed by atoms with E-state index in [9.17, 15) is 0 Å². The van der Waals surface area contributed by atoms with Gasteiger partial charge in [0.25, 0.3) is 0 Å². The van der Waals surface area contributed by atoms with Crippen molar-refractivity contribution in [3.8, 4) is 5.75 Å². The zero-order chi connectivity index (χ0) is 12.1. The standard InChI is InChI=1S/C15H23NO/c1-3-16-15-7-5-6-14(15)12-8-10-13(11-9-12)17-4-2/h8-11,14-16H,3-7H2,1-2H3. The van der Waals surface area contributed by atoms with Crippen LogP contribution in [0.3, 0.4) is 0 Å². The van der Waals surface area contributed by atoms with Gasteiger partial charge in [-0.3, -0.25) is 0 Å². The fourth-order valence-electron chi connectivity index (χ4n) is 2.84. The number of benzene rings is 1. The maximum Gasteiger partial charge on any atom is 0.119 e. The molecular weight excluding hydrogens is 210 g/mol. The Hall–Kier alpha value is -1.02. The van der Waals surface area contributed by atoms with Crippen molar-refractivity contribution in [1.29, 1.82) is 0 Å². The van der Waals surface area contributed by atoms with Gasteiger partial charge in [0.15, 0.2) is 0 Å². The molecular formula is C15H23NO. The van der Waals surface area contributed by atoms with Gasteiger partial charge >= 0.3 is 0 Å². The first-order valence-corrected chi connectivity index (χ1v) is 6.81. The topological polar surface area (TPSA) is 21.3 Å². The summed E-state index contributed by atoms with van der Waals surface area (Å²) in [5.74, 6) is 1.67. The van der Waals surface area contributed by atoms with Crippen molar-refractivity contribution >= 4 is 0 Å². The Morgan fingerprint density at radius 3 is 2.59 bits per heavy atom. The summed E-state index contributed by atoms with van der Waals surface area (Å²) in [4.78, 5) is 0. The van der Waals surface area contributed by atoms with Gasteiger partial charge in [-0.25, -0.2) is 0 Å². The van der Waals surface area contributed by atoms with Crippen molar-refractivity contribution < 1.29 is 4.74 Å². The molecule has 0 aromatic heterocycles. The summed E-state index contributed by atoms with van der Waals surface area (Å²) in [6, 6.07) is 9.31. The fourth-order valence-corrected chi connectivity index (χ4v) is 2.84. The second-order valence-corrected chi connectivity index (χ2v) is 4.70. The van der Waals surface area contributed by atoms with E-state index in [1.165, 1.54) is 24.8 Å². The molecule has 0 spiro atoms. The normalized spacial score (nSPS) is 23.9. The largest absolute Gasteiger partial charge is 0.494 e. The lowest BCUT2D eigenvalue weighted by Crippen LogP contribution is -2.30. The molecule has 2 heteroatoms. The summed E-state index contributed by atoms with van der Waals surface area (Å²) >= 11 is 0. The Kier molecular flexibility index (Phi) is 4.43. The number of hydrogen-bond donors (Lipinski definition) is 1. The molecule has 0 heterocycles. The molecule has 2 rings (SSSR count). The van der Waals surface area contributed by atoms with Crippen LogP contribution in [0.25, 0.3) is 0 Å². The van der Waals surface area contributed by atoms with Crippen LogP contribution in [0.1, 0.15) is 44.6 Å². The van der Waals surface area contributed by atoms with Crippen molar-refractivity contribution in [2.75, 3.05) is 13.2 Å². The molecule has 0 radical (unpaired) electrons. The Bertz CT molecular complexity index is 333. The summed E-state index contributed by atoms with van der Waals surface area (Å²) in [7, 11) is 0. The SMILES string of the molecule is CCNC1CCCC1c1ccc(OCC)cc1. The molecule has 1 fully saturated rings. The van der Waals surface area contributed by atoms with Crippen LogP contribution in [-0.4, -0.2) is 19.2 Å². The monoisotopic (exact) mass is 233 g/mol. The quantitative estimate of drug-likeness (QED) is 0.842. The van der Waals surface area contributed by atoms with Crippen LogP contribution in [0.15, 0.2) is 24.3 Å². The van der Waals surface area contributed by atoms with Crippen LogP contribution in [0.2, 0.25) is 0 Å². The predicted molar refractivity (Wildman–Crippen MR) is 71.7 cm³/mol. The van der Waals surface area contributed by atoms with Gasteiger partial charge in [0, 0.05) is 6.04 Å². The maximum atomic E-state index is 5.48. The molecule has 0 bridgehead atoms. The van der Waals surface area contributed by atoms with Crippen LogP contribution in [0, 0.1) is 0 Å². The molecule has 1 aliphatic carbocycles. The van der Waals surface area contributed by atoms with Crippen LogP contribution in [0.4, 0.5) is 0 Å². The first-order chi connectivity index (χ1) is 8.35. The maximum absolute atomic E-state index is 5.48. The average Bonchev–Trinajstić information content (AvgIpc) is 2.79. The number of likely N-dealkylation sites (N-methyl/N-ethyl adjacent to an activating group) is 1. The van der Waals surface area contributed by atoms with Crippen LogP contribution < -0.4 is 10.1 Å². The fraction of sp³-hybridized carbons (Fsp3) is 0.600. The van der Waals surface area contributed by atoms with Gasteiger partial charge in [-0.1, -0.05) is 25.5 Å². The van der Waals surface area contributed by atoms with Crippen molar-refractivity contribution in [3.63, 3.8) is 0 Å². The smallest absolute Gasteiger partial charge is 0.119 e. The molecule has 1 aromatic carbocycles. The third-order valence-corrected chi connectivity index (χ3v) is 3.60. The van der Waals surface area contributed by atoms with E-state index in [0.29, 0.717) is 12.0 Å². The molecule has 1 N–H and O–H groups in total. The van der Waals surface area contributed by atoms with Gasteiger partial charge in [0.2, 0.25) is 0 Å². The summed E-state index contributed by atoms with van der Waals surface area (Å²) < 4.78 is 5.48. The van der Waals surface area contributed by atoms with Crippen LogP contribution in [-0.2, 0) is 0 Å². The molecule has 94 valence electrons. The summed E-state index contributed by atoms with van der Waals surface area (Å²) in [6.07, 6.45) is 3.97. The average molecular weight is 233 g/mol. The Labute approximate surface area is 104 Å². The van der Waals surface area contributed by atoms with E-state index in [1.807, 2.05) is 6.92 Å². The van der Waals surface area contributed by atoms with E-state index in [2.05, 4.69) is 36.5 Å². The number of rotatable bonds is 5. The van der Waals surface area contributed by atoms with E-state index < -0.39 is 0 Å². The van der Waals surface area contributed by atoms with E-state index in [1.54, 1.807) is 0 Å². The molecule has 1 saturated carbocycles. The molecule has 1 aliphatic rings. The Balaban J connectivity index is 2.05. The lowest BCUT2D eigenvalue weighted by atomic mass is 9.94. The van der Waals surface area contributed by atoms with Gasteiger partial charge in [-0.15, -0.1) is 0 Å². The Morgan fingerprint density at radius 1 is 1.18 bits per heavy atom. The second-order valence-electron chi connectivity index (χ2n) is 4.70. The molecule has 0 saturated heterocycles. The first-order valence-electron chi connectivity index (χ1n) is 6.81. The number of nitrogens with one attached hydrogen (secondary N) is 1. The first kappa shape index (κ1) is 12.4. The van der Waals surface area contributed by atoms with Crippen molar-refractivity contribution in [3.05, 3.63) is 29.8 Å². The number of ether oxygens (including phenoxy) is 1. The highest BCUT2D eigenvalue weighted by Gasteiger charge is 2.27. The van der Waals surface area contributed by atoms with Gasteiger partial charge < -0.3 is 10.1 Å². The van der Waals surface area contributed by atoms with E-state index in [-0.39, 0.29) is 0 Å². The van der Waals surface area contributed by atoms with Crippen molar-refractivity contribution in [1.82, 2.24) is 5.32 Å². The molecule has 2 unspecified atom stereocenters. The van der Waals surface area contributed by atoms with Gasteiger partial charge in [0.05, 0.1) is 6.61 Å². The van der Waals surface area contributed by atoms with E-state index >= 15 is 0 Å². The van der Waals surface area contributed by atoms with Crippen molar-refractivity contribution in [2.24, 2.45) is 0 Å². The summed E-state index contributed by atoms with van der Waals surface area (Å²) in [5.41, 5.74) is 1.46. The lowest BCUT2D eigenvalue weighted by Gasteiger charge is -2.21. The van der Waals surface area contributed by atoms with Crippen LogP contribution in [0.5, 0.6) is 5.75 Å². The summed E-state index contributed by atoms with van der Waals surface area (Å²) in [6.45, 7) is 6.01. The molecule has 0 amide bonds. The van der Waals surface area contributed by atoms with Gasteiger partial charge in [0.1, 0.15) is 5.75 Å². The second kappa shape index (κ2) is 6.06. The molecule has 2 atom stereocenters. The summed E-state index contributed by atoms with van der Waals surface area (Å²) in [5, 5.41) is 3.60. The van der Waals surface area contributed by atoms with Crippen LogP contribution >= 0.6 is 0 Å². The van der Waals surface area contributed by atoms with E-state index in [0.717, 1.165) is 18.9 Å². The van der Waals surface area contributed by atoms with Gasteiger partial charge in [-0.05, 0) is 49.9 Å². The number of hydrogen-bond acceptors (Lipinski definition) is 2. The minimum atomic E-state index is 0.665. The third kappa shape index (κ3) is 3.01. The highest BCUT2D eigenvalue weighted by atomic mass is 16.5. The minimum Gasteiger partial charge on any atom is -0.494 e. The third-order valence-electron chi connectivity index (χ3n) is 3.60. The van der Waals surface area contributed by atoms with Crippen molar-refractivity contribution in [2.45, 2.75) is 45.1 Å². The van der Waals surface area contributed by atoms with E-state index in [4.69, 9.17) is 4.74 Å². The van der Waals surface area contributed by atoms with Gasteiger partial charge in [-0.2, -0.15) is 0 Å². The molecule has 2 nitrogen and oxygen atoms in total. The zero-order valence-electron chi connectivity index (χ0n) is 10.9. The highest BCUT2D eigenvalue weighted by molar-refractivity contribution is 5.31. The minimum absolute atomic E-state index is 0.665. The lowest BCUT2D eigenvalue weighted by molar-refractivity contribution is 0.340. The Morgan fingerprint density at radius 2 is 1.94 bits per heavy atom.